The summed E-state index contributed by atoms with van der Waals surface area (Å²) >= 11 is 0. The second-order valence-electron chi connectivity index (χ2n) is 8.27. The number of hydrogen-bond donors (Lipinski definition) is 1. The molecule has 0 aromatic heterocycles. The third kappa shape index (κ3) is 4.17. The molecule has 3 rings (SSSR count). The second kappa shape index (κ2) is 7.85. The molecule has 0 radical (unpaired) electrons. The molecule has 2 heterocycles. The number of aromatic hydroxyl groups is 1. The molecule has 1 aromatic carbocycles. The molecule has 0 saturated carbocycles. The summed E-state index contributed by atoms with van der Waals surface area (Å²) in [6.45, 7) is 8.41. The van der Waals surface area contributed by atoms with Gasteiger partial charge in [0.2, 0.25) is 0 Å². The molecule has 3 atom stereocenters. The molecule has 0 spiro atoms. The molecule has 2 aliphatic rings. The smallest absolute Gasteiger partial charge is 0.417 e. The SMILES string of the molecule is CC1=CC(O/C=C2/C(=O)N(C(=O)OC(C)(C)C)C(C)C2c2ccccc2O)OC1=O. The van der Waals surface area contributed by atoms with Gasteiger partial charge in [-0.25, -0.2) is 14.5 Å². The molecule has 0 aliphatic carbocycles. The first-order valence-corrected chi connectivity index (χ1v) is 9.59. The number of nitrogens with zero attached hydrogens (tertiary/aromatic N) is 1. The van der Waals surface area contributed by atoms with Crippen LogP contribution in [-0.2, 0) is 23.8 Å². The number of carbonyl (C=O) groups is 3. The molecular weight excluding hydrogens is 390 g/mol. The number of phenols is 1. The molecule has 0 bridgehead atoms. The Morgan fingerprint density at radius 2 is 1.90 bits per heavy atom. The van der Waals surface area contributed by atoms with Gasteiger partial charge in [-0.2, -0.15) is 0 Å². The van der Waals surface area contributed by atoms with Crippen LogP contribution in [0.3, 0.4) is 0 Å². The Labute approximate surface area is 174 Å². The average molecular weight is 415 g/mol. The number of rotatable bonds is 3. The molecule has 8 nitrogen and oxygen atoms in total. The van der Waals surface area contributed by atoms with Gasteiger partial charge in [0.05, 0.1) is 17.9 Å². The minimum Gasteiger partial charge on any atom is -0.508 e. The molecule has 1 aromatic rings. The van der Waals surface area contributed by atoms with Crippen molar-refractivity contribution in [3.05, 3.63) is 53.3 Å². The Hall–Kier alpha value is -3.29. The Kier molecular flexibility index (Phi) is 5.61. The van der Waals surface area contributed by atoms with Gasteiger partial charge in [0.25, 0.3) is 12.2 Å². The summed E-state index contributed by atoms with van der Waals surface area (Å²) in [4.78, 5) is 38.4. The van der Waals surface area contributed by atoms with Gasteiger partial charge in [0, 0.05) is 23.1 Å². The van der Waals surface area contributed by atoms with Crippen LogP contribution in [0.4, 0.5) is 4.79 Å². The lowest BCUT2D eigenvalue weighted by molar-refractivity contribution is -0.152. The molecule has 8 heteroatoms. The van der Waals surface area contributed by atoms with Gasteiger partial charge in [-0.1, -0.05) is 18.2 Å². The summed E-state index contributed by atoms with van der Waals surface area (Å²) in [6.07, 6.45) is 0.927. The fourth-order valence-electron chi connectivity index (χ4n) is 3.44. The van der Waals surface area contributed by atoms with Gasteiger partial charge < -0.3 is 19.3 Å². The Balaban J connectivity index is 1.97. The van der Waals surface area contributed by atoms with E-state index in [0.29, 0.717) is 11.1 Å². The van der Waals surface area contributed by atoms with Gasteiger partial charge in [-0.3, -0.25) is 4.79 Å². The van der Waals surface area contributed by atoms with Gasteiger partial charge in [0.15, 0.2) is 0 Å². The van der Waals surface area contributed by atoms with E-state index in [1.54, 1.807) is 52.8 Å². The van der Waals surface area contributed by atoms with Crippen molar-refractivity contribution in [1.82, 2.24) is 4.90 Å². The highest BCUT2D eigenvalue weighted by atomic mass is 16.7. The predicted molar refractivity (Wildman–Crippen MR) is 106 cm³/mol. The summed E-state index contributed by atoms with van der Waals surface area (Å²) < 4.78 is 15.9. The number of likely N-dealkylation sites (tertiary alicyclic amines) is 1. The van der Waals surface area contributed by atoms with Crippen LogP contribution < -0.4 is 0 Å². The summed E-state index contributed by atoms with van der Waals surface area (Å²) in [5.74, 6) is -1.78. The van der Waals surface area contributed by atoms with Crippen LogP contribution in [0.2, 0.25) is 0 Å². The number of phenolic OH excluding ortho intramolecular Hbond substituents is 1. The fourth-order valence-corrected chi connectivity index (χ4v) is 3.44. The van der Waals surface area contributed by atoms with Gasteiger partial charge in [-0.15, -0.1) is 0 Å². The minimum atomic E-state index is -0.964. The number of cyclic esters (lactones) is 1. The minimum absolute atomic E-state index is 0.0119. The molecular formula is C22H25NO7. The van der Waals surface area contributed by atoms with Crippen molar-refractivity contribution < 1.29 is 33.7 Å². The zero-order valence-electron chi connectivity index (χ0n) is 17.5. The Morgan fingerprint density at radius 1 is 1.23 bits per heavy atom. The van der Waals surface area contributed by atoms with Crippen molar-refractivity contribution in [2.24, 2.45) is 0 Å². The van der Waals surface area contributed by atoms with E-state index < -0.39 is 41.8 Å². The highest BCUT2D eigenvalue weighted by Crippen LogP contribution is 2.42. The summed E-state index contributed by atoms with van der Waals surface area (Å²) in [5, 5.41) is 10.4. The maximum absolute atomic E-state index is 13.1. The van der Waals surface area contributed by atoms with Crippen LogP contribution in [0.15, 0.2) is 47.7 Å². The summed E-state index contributed by atoms with van der Waals surface area (Å²) in [7, 11) is 0. The standard InChI is InChI=1S/C22H25NO7/c1-12-10-17(29-20(12)26)28-11-15-18(14-8-6-7-9-16(14)24)13(2)23(19(15)25)21(27)30-22(3,4)5/h6-11,13,17-18,24H,1-5H3/b15-11+. The number of hydrogen-bond acceptors (Lipinski definition) is 7. The topological polar surface area (TPSA) is 102 Å². The number of amides is 2. The molecule has 3 unspecified atom stereocenters. The second-order valence-corrected chi connectivity index (χ2v) is 8.27. The largest absolute Gasteiger partial charge is 0.508 e. The normalized spacial score (nSPS) is 25.4. The number of carbonyl (C=O) groups excluding carboxylic acids is 3. The lowest BCUT2D eigenvalue weighted by Crippen LogP contribution is -2.42. The third-order valence-electron chi connectivity index (χ3n) is 4.81. The first-order chi connectivity index (χ1) is 14.0. The maximum Gasteiger partial charge on any atom is 0.417 e. The van der Waals surface area contributed by atoms with Crippen molar-refractivity contribution in [3.8, 4) is 5.75 Å². The van der Waals surface area contributed by atoms with E-state index in [9.17, 15) is 19.5 Å². The number of para-hydroxylation sites is 1. The van der Waals surface area contributed by atoms with E-state index in [4.69, 9.17) is 14.2 Å². The maximum atomic E-state index is 13.1. The lowest BCUT2D eigenvalue weighted by Gasteiger charge is -2.27. The number of esters is 1. The van der Waals surface area contributed by atoms with Crippen molar-refractivity contribution in [2.75, 3.05) is 0 Å². The van der Waals surface area contributed by atoms with Crippen LogP contribution in [0.5, 0.6) is 5.75 Å². The Morgan fingerprint density at radius 3 is 2.47 bits per heavy atom. The molecule has 30 heavy (non-hydrogen) atoms. The third-order valence-corrected chi connectivity index (χ3v) is 4.81. The lowest BCUT2D eigenvalue weighted by atomic mass is 9.88. The molecule has 160 valence electrons. The predicted octanol–water partition coefficient (Wildman–Crippen LogP) is 3.37. The number of imide groups is 1. The number of benzene rings is 1. The first-order valence-electron chi connectivity index (χ1n) is 9.59. The van der Waals surface area contributed by atoms with E-state index in [-0.39, 0.29) is 11.3 Å². The van der Waals surface area contributed by atoms with Gasteiger partial charge in [0.1, 0.15) is 11.4 Å². The van der Waals surface area contributed by atoms with Crippen LogP contribution >= 0.6 is 0 Å². The Bertz CT molecular complexity index is 941. The van der Waals surface area contributed by atoms with E-state index in [1.165, 1.54) is 18.4 Å². The molecule has 2 amide bonds. The van der Waals surface area contributed by atoms with Crippen molar-refractivity contribution in [1.29, 1.82) is 0 Å². The first kappa shape index (κ1) is 21.4. The van der Waals surface area contributed by atoms with Crippen molar-refractivity contribution in [3.63, 3.8) is 0 Å². The molecule has 1 fully saturated rings. The highest BCUT2D eigenvalue weighted by Gasteiger charge is 2.48. The molecule has 1 saturated heterocycles. The average Bonchev–Trinajstić information content (AvgIpc) is 3.08. The zero-order valence-corrected chi connectivity index (χ0v) is 17.5. The van der Waals surface area contributed by atoms with Crippen molar-refractivity contribution >= 4 is 18.0 Å². The van der Waals surface area contributed by atoms with E-state index in [1.807, 2.05) is 0 Å². The van der Waals surface area contributed by atoms with Gasteiger partial charge in [-0.05, 0) is 40.7 Å². The quantitative estimate of drug-likeness (QED) is 0.459. The number of ether oxygens (including phenoxy) is 3. The van der Waals surface area contributed by atoms with E-state index in [0.717, 1.165) is 4.90 Å². The monoisotopic (exact) mass is 415 g/mol. The molecule has 1 N–H and O–H groups in total. The van der Waals surface area contributed by atoms with E-state index >= 15 is 0 Å². The zero-order chi connectivity index (χ0) is 22.2. The summed E-state index contributed by atoms with van der Waals surface area (Å²) in [6, 6.07) is 5.93. The van der Waals surface area contributed by atoms with Crippen molar-refractivity contribution in [2.45, 2.75) is 58.5 Å². The molecule has 2 aliphatic heterocycles. The van der Waals surface area contributed by atoms with Crippen LogP contribution in [-0.4, -0.2) is 45.9 Å². The van der Waals surface area contributed by atoms with Crippen LogP contribution in [0, 0.1) is 0 Å². The summed E-state index contributed by atoms with van der Waals surface area (Å²) in [5.41, 5.74) is 0.223. The van der Waals surface area contributed by atoms with Gasteiger partial charge >= 0.3 is 12.1 Å². The van der Waals surface area contributed by atoms with E-state index in [2.05, 4.69) is 0 Å². The van der Waals surface area contributed by atoms with Crippen LogP contribution in [0.1, 0.15) is 46.1 Å². The highest BCUT2D eigenvalue weighted by molar-refractivity contribution is 6.06. The fraction of sp³-hybridized carbons (Fsp3) is 0.409. The van der Waals surface area contributed by atoms with Crippen LogP contribution in [0.25, 0.3) is 0 Å².